The molecule has 9 heteroatoms. The minimum Gasteiger partial charge on any atom is -0.298 e. The first-order valence-corrected chi connectivity index (χ1v) is 9.49. The summed E-state index contributed by atoms with van der Waals surface area (Å²) in [4.78, 5) is 21.9. The second-order valence-corrected chi connectivity index (χ2v) is 7.37. The molecule has 146 valence electrons. The summed E-state index contributed by atoms with van der Waals surface area (Å²) >= 11 is 1.27. The average Bonchev–Trinajstić information content (AvgIpc) is 3.31. The molecule has 0 aliphatic rings. The Balaban J connectivity index is 1.47. The summed E-state index contributed by atoms with van der Waals surface area (Å²) in [6, 6.07) is 9.21. The van der Waals surface area contributed by atoms with Crippen molar-refractivity contribution in [3.8, 4) is 5.82 Å². The van der Waals surface area contributed by atoms with Gasteiger partial charge in [0.15, 0.2) is 22.6 Å². The largest absolute Gasteiger partial charge is 0.298 e. The predicted molar refractivity (Wildman–Crippen MR) is 105 cm³/mol. The van der Waals surface area contributed by atoms with Gasteiger partial charge in [-0.1, -0.05) is 12.1 Å². The van der Waals surface area contributed by atoms with Crippen molar-refractivity contribution in [2.24, 2.45) is 0 Å². The fraction of sp³-hybridized carbons (Fsp3) is 0.100. The lowest BCUT2D eigenvalue weighted by Gasteiger charge is -2.04. The summed E-state index contributed by atoms with van der Waals surface area (Å²) < 4.78 is 28.0. The summed E-state index contributed by atoms with van der Waals surface area (Å²) in [5, 5.41) is 7.40. The zero-order valence-corrected chi connectivity index (χ0v) is 16.1. The van der Waals surface area contributed by atoms with Crippen LogP contribution in [0.15, 0.2) is 55.0 Å². The van der Waals surface area contributed by atoms with Crippen LogP contribution in [0, 0.1) is 18.6 Å². The van der Waals surface area contributed by atoms with Gasteiger partial charge in [-0.15, -0.1) is 11.3 Å². The number of benzene rings is 1. The summed E-state index contributed by atoms with van der Waals surface area (Å²) in [5.74, 6) is -1.49. The van der Waals surface area contributed by atoms with Crippen LogP contribution < -0.4 is 5.32 Å². The van der Waals surface area contributed by atoms with Crippen molar-refractivity contribution < 1.29 is 13.6 Å². The van der Waals surface area contributed by atoms with Crippen molar-refractivity contribution in [3.05, 3.63) is 88.3 Å². The number of nitrogens with zero attached hydrogens (tertiary/aromatic N) is 4. The molecule has 4 aromatic rings. The van der Waals surface area contributed by atoms with Gasteiger partial charge in [0, 0.05) is 23.7 Å². The van der Waals surface area contributed by atoms with Crippen LogP contribution in [0.3, 0.4) is 0 Å². The maximum Gasteiger partial charge on any atom is 0.260 e. The average molecular weight is 411 g/mol. The lowest BCUT2D eigenvalue weighted by molar-refractivity contribution is 0.102. The lowest BCUT2D eigenvalue weighted by atomic mass is 10.1. The Labute approximate surface area is 168 Å². The Kier molecular flexibility index (Phi) is 5.13. The molecule has 1 N–H and O–H groups in total. The van der Waals surface area contributed by atoms with Crippen LogP contribution in [0.25, 0.3) is 5.82 Å². The number of carbonyl (C=O) groups is 1. The number of pyridine rings is 1. The second-order valence-electron chi connectivity index (χ2n) is 6.25. The molecule has 3 aromatic heterocycles. The van der Waals surface area contributed by atoms with E-state index < -0.39 is 11.6 Å². The van der Waals surface area contributed by atoms with E-state index in [4.69, 9.17) is 0 Å². The Hall–Kier alpha value is -3.46. The molecule has 1 aromatic carbocycles. The van der Waals surface area contributed by atoms with Crippen molar-refractivity contribution >= 4 is 22.4 Å². The van der Waals surface area contributed by atoms with Gasteiger partial charge in [-0.3, -0.25) is 10.1 Å². The van der Waals surface area contributed by atoms with Crippen molar-refractivity contribution in [1.29, 1.82) is 0 Å². The van der Waals surface area contributed by atoms with Gasteiger partial charge in [0.25, 0.3) is 5.91 Å². The van der Waals surface area contributed by atoms with Gasteiger partial charge in [-0.25, -0.2) is 23.4 Å². The lowest BCUT2D eigenvalue weighted by Crippen LogP contribution is -2.13. The molecule has 0 saturated carbocycles. The summed E-state index contributed by atoms with van der Waals surface area (Å²) in [7, 11) is 0. The van der Waals surface area contributed by atoms with Crippen LogP contribution in [-0.2, 0) is 6.42 Å². The van der Waals surface area contributed by atoms with Crippen LogP contribution in [0.2, 0.25) is 0 Å². The van der Waals surface area contributed by atoms with E-state index >= 15 is 0 Å². The molecular weight excluding hydrogens is 396 g/mol. The molecule has 0 aliphatic carbocycles. The number of halogens is 2. The molecule has 3 heterocycles. The first-order valence-electron chi connectivity index (χ1n) is 8.67. The van der Waals surface area contributed by atoms with E-state index in [1.807, 2.05) is 6.07 Å². The molecule has 0 fully saturated rings. The highest BCUT2D eigenvalue weighted by atomic mass is 32.1. The summed E-state index contributed by atoms with van der Waals surface area (Å²) in [6.45, 7) is 1.78. The number of thiazole rings is 1. The topological polar surface area (TPSA) is 72.7 Å². The van der Waals surface area contributed by atoms with Crippen molar-refractivity contribution in [2.75, 3.05) is 5.32 Å². The zero-order valence-electron chi connectivity index (χ0n) is 15.3. The second kappa shape index (κ2) is 7.88. The number of anilines is 1. The maximum atomic E-state index is 13.4. The molecular formula is C20H15F2N5OS. The SMILES string of the molecule is Cc1c(C(=O)Nc2ncc(Cc3ccc(F)c(F)c3)s2)cnn1-c1ccccn1. The molecule has 4 rings (SSSR count). The summed E-state index contributed by atoms with van der Waals surface area (Å²) in [6.07, 6.45) is 5.13. The Morgan fingerprint density at radius 1 is 1.14 bits per heavy atom. The standard InChI is InChI=1S/C20H15F2N5OS/c1-12-15(11-25-27(12)18-4-2-3-7-23-18)19(28)26-20-24-10-14(29-20)8-13-5-6-16(21)17(22)9-13/h2-7,9-11H,8H2,1H3,(H,24,26,28). The van der Waals surface area contributed by atoms with Gasteiger partial charge < -0.3 is 0 Å². The van der Waals surface area contributed by atoms with Gasteiger partial charge in [-0.2, -0.15) is 5.10 Å². The molecule has 0 atom stereocenters. The summed E-state index contributed by atoms with van der Waals surface area (Å²) in [5.41, 5.74) is 1.69. The molecule has 29 heavy (non-hydrogen) atoms. The van der Waals surface area contributed by atoms with Crippen LogP contribution in [0.5, 0.6) is 0 Å². The fourth-order valence-electron chi connectivity index (χ4n) is 2.80. The van der Waals surface area contributed by atoms with Gasteiger partial charge in [0.1, 0.15) is 0 Å². The molecule has 0 spiro atoms. The first kappa shape index (κ1) is 18.9. The van der Waals surface area contributed by atoms with Crippen molar-refractivity contribution in [3.63, 3.8) is 0 Å². The quantitative estimate of drug-likeness (QED) is 0.535. The molecule has 0 unspecified atom stereocenters. The third-order valence-corrected chi connectivity index (χ3v) is 5.17. The number of nitrogens with one attached hydrogen (secondary N) is 1. The Bertz CT molecular complexity index is 1170. The van der Waals surface area contributed by atoms with E-state index in [-0.39, 0.29) is 5.91 Å². The Morgan fingerprint density at radius 3 is 2.76 bits per heavy atom. The highest BCUT2D eigenvalue weighted by molar-refractivity contribution is 7.15. The van der Waals surface area contributed by atoms with Crippen LogP contribution in [0.4, 0.5) is 13.9 Å². The highest BCUT2D eigenvalue weighted by Crippen LogP contribution is 2.23. The highest BCUT2D eigenvalue weighted by Gasteiger charge is 2.17. The van der Waals surface area contributed by atoms with Gasteiger partial charge in [0.05, 0.1) is 17.5 Å². The minimum atomic E-state index is -0.888. The van der Waals surface area contributed by atoms with E-state index in [0.29, 0.717) is 34.2 Å². The molecule has 0 bridgehead atoms. The van der Waals surface area contributed by atoms with E-state index in [2.05, 4.69) is 20.4 Å². The van der Waals surface area contributed by atoms with E-state index in [9.17, 15) is 13.6 Å². The van der Waals surface area contributed by atoms with Crippen molar-refractivity contribution in [2.45, 2.75) is 13.3 Å². The number of rotatable bonds is 5. The number of hydrogen-bond donors (Lipinski definition) is 1. The Morgan fingerprint density at radius 2 is 2.00 bits per heavy atom. The molecule has 6 nitrogen and oxygen atoms in total. The monoisotopic (exact) mass is 411 g/mol. The minimum absolute atomic E-state index is 0.335. The van der Waals surface area contributed by atoms with Gasteiger partial charge in [0.2, 0.25) is 0 Å². The normalized spacial score (nSPS) is 10.9. The number of hydrogen-bond acceptors (Lipinski definition) is 5. The van der Waals surface area contributed by atoms with Crippen LogP contribution in [0.1, 0.15) is 26.5 Å². The number of carbonyl (C=O) groups excluding carboxylic acids is 1. The fourth-order valence-corrected chi connectivity index (χ4v) is 3.65. The zero-order chi connectivity index (χ0) is 20.4. The molecule has 0 aliphatic heterocycles. The number of amides is 1. The smallest absolute Gasteiger partial charge is 0.260 e. The maximum absolute atomic E-state index is 13.4. The predicted octanol–water partition coefficient (Wildman–Crippen LogP) is 4.15. The van der Waals surface area contributed by atoms with E-state index in [0.717, 1.165) is 17.0 Å². The van der Waals surface area contributed by atoms with Crippen LogP contribution in [-0.4, -0.2) is 25.7 Å². The van der Waals surface area contributed by atoms with Crippen LogP contribution >= 0.6 is 11.3 Å². The van der Waals surface area contributed by atoms with Gasteiger partial charge >= 0.3 is 0 Å². The van der Waals surface area contributed by atoms with Crippen molar-refractivity contribution in [1.82, 2.24) is 19.7 Å². The van der Waals surface area contributed by atoms with E-state index in [1.54, 1.807) is 36.1 Å². The molecule has 0 radical (unpaired) electrons. The molecule has 0 saturated heterocycles. The van der Waals surface area contributed by atoms with Gasteiger partial charge in [-0.05, 0) is 36.8 Å². The third-order valence-electron chi connectivity index (χ3n) is 4.26. The van der Waals surface area contributed by atoms with E-state index in [1.165, 1.54) is 23.6 Å². The molecule has 1 amide bonds. The number of aromatic nitrogens is 4. The first-order chi connectivity index (χ1) is 14.0. The third kappa shape index (κ3) is 4.04.